The molecule has 0 spiro atoms. The molecule has 136 valence electrons. The van der Waals surface area contributed by atoms with Crippen LogP contribution in [0.3, 0.4) is 0 Å². The summed E-state index contributed by atoms with van der Waals surface area (Å²) in [5, 5.41) is 4.57. The molecule has 0 atom stereocenters. The Morgan fingerprint density at radius 2 is 1.65 bits per heavy atom. The number of nitrogens with one attached hydrogen (secondary N) is 2. The molecule has 0 radical (unpaired) electrons. The van der Waals surface area contributed by atoms with E-state index >= 15 is 0 Å². The van der Waals surface area contributed by atoms with Gasteiger partial charge in [0.25, 0.3) is 5.91 Å². The van der Waals surface area contributed by atoms with Crippen LogP contribution in [-0.4, -0.2) is 31.9 Å². The molecule has 0 aliphatic rings. The van der Waals surface area contributed by atoms with E-state index in [4.69, 9.17) is 26.8 Å². The van der Waals surface area contributed by atoms with Crippen molar-refractivity contribution in [3.8, 4) is 11.5 Å². The molecule has 2 aromatic carbocycles. The maximum absolute atomic E-state index is 12.1. The van der Waals surface area contributed by atoms with Crippen LogP contribution in [0.5, 0.6) is 11.5 Å². The van der Waals surface area contributed by atoms with Gasteiger partial charge < -0.3 is 20.5 Å². The molecule has 8 nitrogen and oxygen atoms in total. The zero-order valence-corrected chi connectivity index (χ0v) is 14.7. The molecule has 2 rings (SSSR count). The van der Waals surface area contributed by atoms with Gasteiger partial charge in [0.2, 0.25) is 0 Å². The molecule has 0 saturated heterocycles. The van der Waals surface area contributed by atoms with Crippen LogP contribution in [-0.2, 0) is 9.59 Å². The lowest BCUT2D eigenvalue weighted by atomic mass is 10.1. The second kappa shape index (κ2) is 8.21. The SMILES string of the molecule is COc1cc(NC(=O)C(=O)NC(=O)c2ccccc2N)c(OC)cc1Cl. The van der Waals surface area contributed by atoms with Crippen molar-refractivity contribution in [1.29, 1.82) is 0 Å². The third kappa shape index (κ3) is 4.22. The first-order chi connectivity index (χ1) is 12.4. The van der Waals surface area contributed by atoms with Crippen molar-refractivity contribution in [3.05, 3.63) is 47.0 Å². The van der Waals surface area contributed by atoms with Crippen LogP contribution in [0.25, 0.3) is 0 Å². The highest BCUT2D eigenvalue weighted by molar-refractivity contribution is 6.42. The predicted molar refractivity (Wildman–Crippen MR) is 96.5 cm³/mol. The number of anilines is 2. The number of carbonyl (C=O) groups is 3. The summed E-state index contributed by atoms with van der Waals surface area (Å²) in [5.41, 5.74) is 6.08. The Labute approximate surface area is 154 Å². The molecule has 0 aliphatic heterocycles. The number of para-hydroxylation sites is 1. The van der Waals surface area contributed by atoms with Crippen LogP contribution in [0.2, 0.25) is 5.02 Å². The van der Waals surface area contributed by atoms with E-state index < -0.39 is 17.7 Å². The maximum atomic E-state index is 12.1. The summed E-state index contributed by atoms with van der Waals surface area (Å²) in [6, 6.07) is 8.97. The Hall–Kier alpha value is -3.26. The van der Waals surface area contributed by atoms with Crippen LogP contribution in [0.1, 0.15) is 10.4 Å². The second-order valence-electron chi connectivity index (χ2n) is 5.01. The van der Waals surface area contributed by atoms with Gasteiger partial charge in [-0.15, -0.1) is 0 Å². The molecule has 4 N–H and O–H groups in total. The summed E-state index contributed by atoms with van der Waals surface area (Å²) >= 11 is 5.98. The van der Waals surface area contributed by atoms with E-state index in [2.05, 4.69) is 5.32 Å². The number of amides is 3. The fourth-order valence-electron chi connectivity index (χ4n) is 2.07. The van der Waals surface area contributed by atoms with Crippen molar-refractivity contribution in [2.45, 2.75) is 0 Å². The topological polar surface area (TPSA) is 120 Å². The standard InChI is InChI=1S/C17H16ClN3O5/c1-25-13-8-12(14(26-2)7-10(13)18)20-16(23)17(24)21-15(22)9-5-3-4-6-11(9)19/h3-8H,19H2,1-2H3,(H,20,23)(H,21,22,24). The van der Waals surface area contributed by atoms with E-state index in [0.29, 0.717) is 0 Å². The molecule has 26 heavy (non-hydrogen) atoms. The monoisotopic (exact) mass is 377 g/mol. The van der Waals surface area contributed by atoms with Gasteiger partial charge in [-0.3, -0.25) is 19.7 Å². The van der Waals surface area contributed by atoms with Gasteiger partial charge in [-0.1, -0.05) is 23.7 Å². The minimum Gasteiger partial charge on any atom is -0.495 e. The molecular weight excluding hydrogens is 362 g/mol. The lowest BCUT2D eigenvalue weighted by molar-refractivity contribution is -0.135. The Bertz CT molecular complexity index is 869. The van der Waals surface area contributed by atoms with Gasteiger partial charge in [0.1, 0.15) is 11.5 Å². The molecule has 2 aromatic rings. The van der Waals surface area contributed by atoms with Gasteiger partial charge in [-0.2, -0.15) is 0 Å². The average molecular weight is 378 g/mol. The van der Waals surface area contributed by atoms with Gasteiger partial charge in [0.05, 0.1) is 30.5 Å². The zero-order chi connectivity index (χ0) is 19.3. The summed E-state index contributed by atoms with van der Waals surface area (Å²) in [5.74, 6) is -2.53. The van der Waals surface area contributed by atoms with Crippen molar-refractivity contribution in [1.82, 2.24) is 5.32 Å². The third-order valence-corrected chi connectivity index (χ3v) is 3.66. The van der Waals surface area contributed by atoms with Crippen molar-refractivity contribution >= 4 is 40.7 Å². The average Bonchev–Trinajstić information content (AvgIpc) is 2.62. The molecular formula is C17H16ClN3O5. The van der Waals surface area contributed by atoms with Gasteiger partial charge in [0.15, 0.2) is 0 Å². The fourth-order valence-corrected chi connectivity index (χ4v) is 2.30. The van der Waals surface area contributed by atoms with Crippen LogP contribution >= 0.6 is 11.6 Å². The van der Waals surface area contributed by atoms with Crippen LogP contribution in [0.4, 0.5) is 11.4 Å². The second-order valence-corrected chi connectivity index (χ2v) is 5.42. The molecule has 9 heteroatoms. The van der Waals surface area contributed by atoms with E-state index in [-0.39, 0.29) is 33.5 Å². The van der Waals surface area contributed by atoms with Gasteiger partial charge in [-0.05, 0) is 12.1 Å². The van der Waals surface area contributed by atoms with E-state index in [1.165, 1.54) is 38.5 Å². The van der Waals surface area contributed by atoms with E-state index in [0.717, 1.165) is 0 Å². The first kappa shape index (κ1) is 19.1. The molecule has 0 heterocycles. The van der Waals surface area contributed by atoms with E-state index in [1.807, 2.05) is 5.32 Å². The first-order valence-electron chi connectivity index (χ1n) is 7.30. The van der Waals surface area contributed by atoms with Crippen LogP contribution in [0.15, 0.2) is 36.4 Å². The predicted octanol–water partition coefficient (Wildman–Crippen LogP) is 1.83. The highest BCUT2D eigenvalue weighted by Crippen LogP contribution is 2.35. The minimum absolute atomic E-state index is 0.0828. The number of hydrogen-bond donors (Lipinski definition) is 3. The van der Waals surface area contributed by atoms with Gasteiger partial charge >= 0.3 is 11.8 Å². The van der Waals surface area contributed by atoms with Crippen LogP contribution in [0, 0.1) is 0 Å². The molecule has 0 unspecified atom stereocenters. The number of imide groups is 1. The Morgan fingerprint density at radius 1 is 1.00 bits per heavy atom. The van der Waals surface area contributed by atoms with Gasteiger partial charge in [-0.25, -0.2) is 0 Å². The molecule has 3 amide bonds. The molecule has 0 aromatic heterocycles. The van der Waals surface area contributed by atoms with Crippen molar-refractivity contribution in [2.24, 2.45) is 0 Å². The zero-order valence-electron chi connectivity index (χ0n) is 14.0. The fraction of sp³-hybridized carbons (Fsp3) is 0.118. The third-order valence-electron chi connectivity index (χ3n) is 3.36. The Morgan fingerprint density at radius 3 is 2.27 bits per heavy atom. The van der Waals surface area contributed by atoms with Crippen molar-refractivity contribution in [3.63, 3.8) is 0 Å². The lowest BCUT2D eigenvalue weighted by Crippen LogP contribution is -2.39. The number of ether oxygens (including phenoxy) is 2. The molecule has 0 bridgehead atoms. The van der Waals surface area contributed by atoms with Crippen molar-refractivity contribution < 1.29 is 23.9 Å². The summed E-state index contributed by atoms with van der Waals surface area (Å²) in [6.45, 7) is 0. The number of hydrogen-bond acceptors (Lipinski definition) is 6. The van der Waals surface area contributed by atoms with E-state index in [9.17, 15) is 14.4 Å². The van der Waals surface area contributed by atoms with Crippen LogP contribution < -0.4 is 25.8 Å². The largest absolute Gasteiger partial charge is 0.495 e. The highest BCUT2D eigenvalue weighted by atomic mass is 35.5. The smallest absolute Gasteiger partial charge is 0.316 e. The molecule has 0 fully saturated rings. The summed E-state index contributed by atoms with van der Waals surface area (Å²) in [4.78, 5) is 36.1. The normalized spacial score (nSPS) is 9.96. The number of halogens is 1. The van der Waals surface area contributed by atoms with Gasteiger partial charge in [0, 0.05) is 17.8 Å². The highest BCUT2D eigenvalue weighted by Gasteiger charge is 2.21. The Kier molecular flexibility index (Phi) is 6.03. The number of rotatable bonds is 4. The maximum Gasteiger partial charge on any atom is 0.316 e. The number of carbonyl (C=O) groups excluding carboxylic acids is 3. The summed E-state index contributed by atoms with van der Waals surface area (Å²) in [7, 11) is 2.77. The molecule has 0 saturated carbocycles. The number of benzene rings is 2. The number of methoxy groups -OCH3 is 2. The quantitative estimate of drug-likeness (QED) is 0.552. The van der Waals surface area contributed by atoms with Crippen molar-refractivity contribution in [2.75, 3.05) is 25.3 Å². The summed E-state index contributed by atoms with van der Waals surface area (Å²) < 4.78 is 10.2. The van der Waals surface area contributed by atoms with E-state index in [1.54, 1.807) is 12.1 Å². The Balaban J connectivity index is 2.13. The number of nitrogens with two attached hydrogens (primary N) is 1. The molecule has 0 aliphatic carbocycles. The lowest BCUT2D eigenvalue weighted by Gasteiger charge is -2.13. The number of nitrogen functional groups attached to an aromatic ring is 1. The summed E-state index contributed by atoms with van der Waals surface area (Å²) in [6.07, 6.45) is 0. The first-order valence-corrected chi connectivity index (χ1v) is 7.67. The minimum atomic E-state index is -1.16.